The van der Waals surface area contributed by atoms with Gasteiger partial charge in [-0.25, -0.2) is 4.79 Å². The Balaban J connectivity index is 1.53. The number of esters is 1. The Bertz CT molecular complexity index is 1350. The number of nitrogens with zero attached hydrogens (tertiary/aromatic N) is 1. The molecule has 2 N–H and O–H groups in total. The number of benzene rings is 3. The van der Waals surface area contributed by atoms with Gasteiger partial charge in [0.25, 0.3) is 5.91 Å². The Morgan fingerprint density at radius 3 is 2.43 bits per heavy atom. The van der Waals surface area contributed by atoms with Crippen LogP contribution in [-0.4, -0.2) is 36.3 Å². The lowest BCUT2D eigenvalue weighted by Gasteiger charge is -2.35. The molecule has 1 unspecified atom stereocenters. The second-order valence-electron chi connectivity index (χ2n) is 8.17. The van der Waals surface area contributed by atoms with Gasteiger partial charge in [0.2, 0.25) is 11.8 Å². The number of anilines is 3. The van der Waals surface area contributed by atoms with E-state index in [1.807, 2.05) is 0 Å². The zero-order chi connectivity index (χ0) is 26.4. The monoisotopic (exact) mass is 517 g/mol. The fraction of sp³-hybridized carbons (Fsp3) is 0.143. The summed E-state index contributed by atoms with van der Waals surface area (Å²) in [6.45, 7) is 1.97. The number of para-hydroxylation sites is 2. The molecule has 0 bridgehead atoms. The largest absolute Gasteiger partial charge is 0.462 e. The van der Waals surface area contributed by atoms with Gasteiger partial charge in [0.1, 0.15) is 6.04 Å². The first kappa shape index (κ1) is 25.7. The average Bonchev–Trinajstić information content (AvgIpc) is 2.89. The Morgan fingerprint density at radius 1 is 1.03 bits per heavy atom. The molecule has 1 atom stereocenters. The molecule has 0 aromatic heterocycles. The highest BCUT2D eigenvalue weighted by molar-refractivity contribution is 6.30. The average molecular weight is 518 g/mol. The van der Waals surface area contributed by atoms with Crippen LogP contribution in [0.5, 0.6) is 0 Å². The van der Waals surface area contributed by atoms with Crippen molar-refractivity contribution in [2.24, 2.45) is 0 Å². The second kappa shape index (κ2) is 11.5. The summed E-state index contributed by atoms with van der Waals surface area (Å²) < 4.78 is 4.96. The number of ether oxygens (including phenoxy) is 1. The van der Waals surface area contributed by atoms with E-state index < -0.39 is 29.7 Å². The van der Waals surface area contributed by atoms with E-state index in [-0.39, 0.29) is 13.0 Å². The predicted molar refractivity (Wildman–Crippen MR) is 142 cm³/mol. The van der Waals surface area contributed by atoms with Gasteiger partial charge in [-0.05, 0) is 67.1 Å². The van der Waals surface area contributed by atoms with Crippen molar-refractivity contribution in [1.29, 1.82) is 0 Å². The highest BCUT2D eigenvalue weighted by Gasteiger charge is 2.37. The maximum absolute atomic E-state index is 13.3. The van der Waals surface area contributed by atoms with E-state index in [4.69, 9.17) is 16.3 Å². The molecule has 3 amide bonds. The van der Waals surface area contributed by atoms with Gasteiger partial charge < -0.3 is 15.4 Å². The van der Waals surface area contributed by atoms with Crippen molar-refractivity contribution in [1.82, 2.24) is 0 Å². The zero-order valence-electron chi connectivity index (χ0n) is 19.9. The van der Waals surface area contributed by atoms with Crippen molar-refractivity contribution in [2.45, 2.75) is 19.4 Å². The van der Waals surface area contributed by atoms with Crippen molar-refractivity contribution in [2.75, 3.05) is 22.1 Å². The minimum absolute atomic E-state index is 0.258. The van der Waals surface area contributed by atoms with Gasteiger partial charge in [-0.2, -0.15) is 0 Å². The van der Waals surface area contributed by atoms with Crippen LogP contribution in [0, 0.1) is 0 Å². The molecule has 1 aliphatic heterocycles. The lowest BCUT2D eigenvalue weighted by molar-refractivity contribution is -0.124. The number of halogens is 1. The molecule has 0 aliphatic carbocycles. The number of hydrogen-bond acceptors (Lipinski definition) is 5. The summed E-state index contributed by atoms with van der Waals surface area (Å²) in [6, 6.07) is 19.0. The van der Waals surface area contributed by atoms with Crippen molar-refractivity contribution in [3.05, 3.63) is 95.0 Å². The molecule has 0 spiro atoms. The first-order chi connectivity index (χ1) is 17.9. The molecule has 4 rings (SSSR count). The maximum atomic E-state index is 13.3. The number of rotatable bonds is 7. The van der Waals surface area contributed by atoms with Gasteiger partial charge >= 0.3 is 5.97 Å². The molecular weight excluding hydrogens is 494 g/mol. The Morgan fingerprint density at radius 2 is 1.73 bits per heavy atom. The molecule has 8 nitrogen and oxygen atoms in total. The standard InChI is InChI=1S/C28H24ClN3O5/c1-2-37-28(36)19-10-14-21(15-11-19)30-25(33)17-24-27(35)31-22-5-3-4-6-23(22)32(24)26(34)16-9-18-7-12-20(29)13-8-18/h3-16,24H,2,17H2,1H3,(H,30,33)(H,31,35)/b16-9+. The summed E-state index contributed by atoms with van der Waals surface area (Å²) in [7, 11) is 0. The molecule has 0 fully saturated rings. The molecule has 37 heavy (non-hydrogen) atoms. The Hall–Kier alpha value is -4.43. The normalized spacial score (nSPS) is 14.6. The van der Waals surface area contributed by atoms with E-state index in [9.17, 15) is 19.2 Å². The summed E-state index contributed by atoms with van der Waals surface area (Å²) in [6.07, 6.45) is 2.70. The first-order valence-corrected chi connectivity index (χ1v) is 12.0. The topological polar surface area (TPSA) is 105 Å². The molecule has 1 aliphatic rings. The van der Waals surface area contributed by atoms with Gasteiger partial charge in [0.15, 0.2) is 0 Å². The van der Waals surface area contributed by atoms with Crippen LogP contribution >= 0.6 is 11.6 Å². The second-order valence-corrected chi connectivity index (χ2v) is 8.60. The van der Waals surface area contributed by atoms with Crippen LogP contribution in [0.25, 0.3) is 6.08 Å². The fourth-order valence-corrected chi connectivity index (χ4v) is 3.99. The molecule has 0 radical (unpaired) electrons. The highest BCUT2D eigenvalue weighted by atomic mass is 35.5. The van der Waals surface area contributed by atoms with Gasteiger partial charge in [0, 0.05) is 16.8 Å². The molecule has 188 valence electrons. The third-order valence-electron chi connectivity index (χ3n) is 5.62. The number of fused-ring (bicyclic) bond motifs is 1. The van der Waals surface area contributed by atoms with Crippen LogP contribution in [0.4, 0.5) is 17.1 Å². The Kier molecular flexibility index (Phi) is 8.00. The third-order valence-corrected chi connectivity index (χ3v) is 5.87. The maximum Gasteiger partial charge on any atom is 0.338 e. The van der Waals surface area contributed by atoms with Crippen LogP contribution in [0.2, 0.25) is 5.02 Å². The van der Waals surface area contributed by atoms with Gasteiger partial charge in [-0.3, -0.25) is 19.3 Å². The SMILES string of the molecule is CCOC(=O)c1ccc(NC(=O)CC2C(=O)Nc3ccccc3N2C(=O)/C=C/c2ccc(Cl)cc2)cc1. The van der Waals surface area contributed by atoms with Crippen molar-refractivity contribution in [3.63, 3.8) is 0 Å². The molecule has 3 aromatic rings. The van der Waals surface area contributed by atoms with E-state index in [2.05, 4.69) is 10.6 Å². The zero-order valence-corrected chi connectivity index (χ0v) is 20.7. The van der Waals surface area contributed by atoms with Crippen LogP contribution in [0.3, 0.4) is 0 Å². The number of carbonyl (C=O) groups is 4. The minimum Gasteiger partial charge on any atom is -0.462 e. The number of carbonyl (C=O) groups excluding carboxylic acids is 4. The van der Waals surface area contributed by atoms with Crippen LogP contribution in [-0.2, 0) is 19.1 Å². The molecule has 9 heteroatoms. The van der Waals surface area contributed by atoms with E-state index in [1.165, 1.54) is 23.1 Å². The quantitative estimate of drug-likeness (QED) is 0.342. The molecule has 0 saturated carbocycles. The molecule has 3 aromatic carbocycles. The van der Waals surface area contributed by atoms with E-state index in [0.717, 1.165) is 5.56 Å². The predicted octanol–water partition coefficient (Wildman–Crippen LogP) is 4.91. The van der Waals surface area contributed by atoms with Crippen molar-refractivity contribution < 1.29 is 23.9 Å². The number of nitrogens with one attached hydrogen (secondary N) is 2. The summed E-state index contributed by atoms with van der Waals surface area (Å²) in [4.78, 5) is 52.3. The van der Waals surface area contributed by atoms with Crippen molar-refractivity contribution >= 4 is 58.4 Å². The van der Waals surface area contributed by atoms with Crippen LogP contribution < -0.4 is 15.5 Å². The molecular formula is C28H24ClN3O5. The lowest BCUT2D eigenvalue weighted by atomic mass is 10.0. The molecule has 1 heterocycles. The van der Waals surface area contributed by atoms with E-state index in [0.29, 0.717) is 27.6 Å². The number of hydrogen-bond donors (Lipinski definition) is 2. The van der Waals surface area contributed by atoms with Gasteiger partial charge in [0.05, 0.1) is 30.0 Å². The Labute approximate surface area is 218 Å². The lowest BCUT2D eigenvalue weighted by Crippen LogP contribution is -2.52. The summed E-state index contributed by atoms with van der Waals surface area (Å²) in [5, 5.41) is 6.06. The van der Waals surface area contributed by atoms with Crippen molar-refractivity contribution in [3.8, 4) is 0 Å². The van der Waals surface area contributed by atoms with Gasteiger partial charge in [-0.15, -0.1) is 0 Å². The smallest absolute Gasteiger partial charge is 0.338 e. The fourth-order valence-electron chi connectivity index (χ4n) is 3.86. The summed E-state index contributed by atoms with van der Waals surface area (Å²) in [5.74, 6) is -1.85. The van der Waals surface area contributed by atoms with E-state index in [1.54, 1.807) is 73.7 Å². The van der Waals surface area contributed by atoms with Gasteiger partial charge in [-0.1, -0.05) is 35.9 Å². The molecule has 0 saturated heterocycles. The summed E-state index contributed by atoms with van der Waals surface area (Å²) >= 11 is 5.93. The van der Waals surface area contributed by atoms with Crippen LogP contribution in [0.15, 0.2) is 78.9 Å². The van der Waals surface area contributed by atoms with E-state index >= 15 is 0 Å². The number of amides is 3. The summed E-state index contributed by atoms with van der Waals surface area (Å²) in [5.41, 5.74) is 2.52. The van der Waals surface area contributed by atoms with Crippen LogP contribution in [0.1, 0.15) is 29.3 Å². The minimum atomic E-state index is -1.07. The highest BCUT2D eigenvalue weighted by Crippen LogP contribution is 2.33. The third kappa shape index (κ3) is 6.23. The first-order valence-electron chi connectivity index (χ1n) is 11.6.